The summed E-state index contributed by atoms with van der Waals surface area (Å²) in [6.45, 7) is 1.63. The third kappa shape index (κ3) is 4.19. The van der Waals surface area contributed by atoms with Crippen molar-refractivity contribution in [2.24, 2.45) is 5.41 Å². The van der Waals surface area contributed by atoms with Crippen LogP contribution in [0.4, 0.5) is 0 Å². The van der Waals surface area contributed by atoms with Crippen LogP contribution in [0, 0.1) is 5.41 Å². The molecule has 21 heavy (non-hydrogen) atoms. The molecule has 0 aromatic rings. The molecule has 0 aromatic carbocycles. The van der Waals surface area contributed by atoms with Crippen LogP contribution in [-0.2, 0) is 14.4 Å². The maximum absolute atomic E-state index is 12.1. The molecule has 2 saturated carbocycles. The first-order valence-electron chi connectivity index (χ1n) is 7.76. The lowest BCUT2D eigenvalue weighted by atomic mass is 9.71. The van der Waals surface area contributed by atoms with E-state index < -0.39 is 17.4 Å². The first-order valence-corrected chi connectivity index (χ1v) is 7.76. The molecule has 2 rings (SSSR count). The molecular weight excluding hydrogens is 272 g/mol. The van der Waals surface area contributed by atoms with Crippen molar-refractivity contribution in [3.8, 4) is 0 Å². The summed E-state index contributed by atoms with van der Waals surface area (Å²) in [5.74, 6) is -1.44. The molecular formula is C15H24N2O4. The van der Waals surface area contributed by atoms with Gasteiger partial charge in [-0.05, 0) is 32.6 Å². The van der Waals surface area contributed by atoms with Gasteiger partial charge in [0.05, 0.1) is 5.41 Å². The third-order valence-electron chi connectivity index (χ3n) is 4.46. The summed E-state index contributed by atoms with van der Waals surface area (Å²) < 4.78 is 0. The van der Waals surface area contributed by atoms with Crippen molar-refractivity contribution in [2.75, 3.05) is 0 Å². The van der Waals surface area contributed by atoms with Crippen LogP contribution in [0.25, 0.3) is 0 Å². The minimum Gasteiger partial charge on any atom is -0.481 e. The van der Waals surface area contributed by atoms with Crippen molar-refractivity contribution < 1.29 is 19.5 Å². The van der Waals surface area contributed by atoms with E-state index >= 15 is 0 Å². The summed E-state index contributed by atoms with van der Waals surface area (Å²) in [6.07, 6.45) is 5.74. The predicted octanol–water partition coefficient (Wildman–Crippen LogP) is 1.19. The lowest BCUT2D eigenvalue weighted by Gasteiger charge is -2.32. The molecule has 6 nitrogen and oxygen atoms in total. The number of carboxylic acids is 1. The van der Waals surface area contributed by atoms with Crippen LogP contribution in [-0.4, -0.2) is 35.0 Å². The van der Waals surface area contributed by atoms with Gasteiger partial charge in [-0.3, -0.25) is 14.4 Å². The summed E-state index contributed by atoms with van der Waals surface area (Å²) >= 11 is 0. The van der Waals surface area contributed by atoms with Gasteiger partial charge in [-0.25, -0.2) is 0 Å². The van der Waals surface area contributed by atoms with E-state index in [4.69, 9.17) is 0 Å². The Kier molecular flexibility index (Phi) is 4.85. The smallest absolute Gasteiger partial charge is 0.310 e. The summed E-state index contributed by atoms with van der Waals surface area (Å²) in [5, 5.41) is 14.9. The molecule has 0 spiro atoms. The highest BCUT2D eigenvalue weighted by Gasteiger charge is 2.41. The SMILES string of the molecule is CC(NC(=O)CC1(C(=O)O)CCCCC1)C(=O)NC1CC1. The van der Waals surface area contributed by atoms with E-state index in [2.05, 4.69) is 10.6 Å². The van der Waals surface area contributed by atoms with Crippen molar-refractivity contribution in [1.29, 1.82) is 0 Å². The molecule has 2 aliphatic carbocycles. The Morgan fingerprint density at radius 3 is 2.33 bits per heavy atom. The number of rotatable bonds is 6. The number of nitrogens with one attached hydrogen (secondary N) is 2. The maximum atomic E-state index is 12.1. The molecule has 0 radical (unpaired) electrons. The fourth-order valence-electron chi connectivity index (χ4n) is 2.91. The minimum atomic E-state index is -0.949. The van der Waals surface area contributed by atoms with E-state index in [1.807, 2.05) is 0 Å². The fourth-order valence-corrected chi connectivity index (χ4v) is 2.91. The number of carboxylic acid groups (broad SMARTS) is 1. The van der Waals surface area contributed by atoms with Crippen LogP contribution in [0.1, 0.15) is 58.3 Å². The minimum absolute atomic E-state index is 0.0383. The number of aliphatic carboxylic acids is 1. The fraction of sp³-hybridized carbons (Fsp3) is 0.800. The van der Waals surface area contributed by atoms with Crippen molar-refractivity contribution in [2.45, 2.75) is 70.4 Å². The Hall–Kier alpha value is -1.59. The summed E-state index contributed by atoms with van der Waals surface area (Å²) in [6, 6.07) is -0.368. The molecule has 1 unspecified atom stereocenters. The van der Waals surface area contributed by atoms with E-state index in [9.17, 15) is 19.5 Å². The summed E-state index contributed by atoms with van der Waals surface area (Å²) in [5.41, 5.74) is -0.949. The predicted molar refractivity (Wildman–Crippen MR) is 76.5 cm³/mol. The number of amides is 2. The van der Waals surface area contributed by atoms with E-state index in [1.54, 1.807) is 6.92 Å². The van der Waals surface area contributed by atoms with Crippen LogP contribution in [0.15, 0.2) is 0 Å². The van der Waals surface area contributed by atoms with Gasteiger partial charge >= 0.3 is 5.97 Å². The quantitative estimate of drug-likeness (QED) is 0.686. The summed E-state index contributed by atoms with van der Waals surface area (Å²) in [7, 11) is 0. The molecule has 0 saturated heterocycles. The Morgan fingerprint density at radius 1 is 1.19 bits per heavy atom. The molecule has 1 atom stereocenters. The highest BCUT2D eigenvalue weighted by Crippen LogP contribution is 2.39. The molecule has 0 heterocycles. The van der Waals surface area contributed by atoms with Gasteiger partial charge in [0, 0.05) is 12.5 Å². The first kappa shape index (κ1) is 15.8. The zero-order valence-corrected chi connectivity index (χ0v) is 12.5. The highest BCUT2D eigenvalue weighted by atomic mass is 16.4. The zero-order valence-electron chi connectivity index (χ0n) is 12.5. The molecule has 3 N–H and O–H groups in total. The highest BCUT2D eigenvalue weighted by molar-refractivity contribution is 5.90. The first-order chi connectivity index (χ1) is 9.93. The van der Waals surface area contributed by atoms with Gasteiger partial charge in [0.25, 0.3) is 0 Å². The summed E-state index contributed by atoms with van der Waals surface area (Å²) in [4.78, 5) is 35.4. The maximum Gasteiger partial charge on any atom is 0.310 e. The van der Waals surface area contributed by atoms with Gasteiger partial charge in [0.15, 0.2) is 0 Å². The van der Waals surface area contributed by atoms with Crippen LogP contribution in [0.2, 0.25) is 0 Å². The van der Waals surface area contributed by atoms with E-state index in [-0.39, 0.29) is 24.3 Å². The third-order valence-corrected chi connectivity index (χ3v) is 4.46. The molecule has 6 heteroatoms. The second-order valence-corrected chi connectivity index (χ2v) is 6.39. The van der Waals surface area contributed by atoms with Crippen LogP contribution in [0.5, 0.6) is 0 Å². The number of carbonyl (C=O) groups excluding carboxylic acids is 2. The van der Waals surface area contributed by atoms with Crippen molar-refractivity contribution in [3.63, 3.8) is 0 Å². The molecule has 118 valence electrons. The monoisotopic (exact) mass is 296 g/mol. The van der Waals surface area contributed by atoms with E-state index in [0.717, 1.165) is 32.1 Å². The van der Waals surface area contributed by atoms with Gasteiger partial charge in [-0.1, -0.05) is 19.3 Å². The van der Waals surface area contributed by atoms with Crippen LogP contribution < -0.4 is 10.6 Å². The Labute approximate surface area is 124 Å². The van der Waals surface area contributed by atoms with Crippen molar-refractivity contribution in [1.82, 2.24) is 10.6 Å². The molecule has 2 amide bonds. The zero-order chi connectivity index (χ0) is 15.5. The molecule has 2 fully saturated rings. The topological polar surface area (TPSA) is 95.5 Å². The number of hydrogen-bond donors (Lipinski definition) is 3. The Morgan fingerprint density at radius 2 is 1.81 bits per heavy atom. The van der Waals surface area contributed by atoms with Crippen LogP contribution in [0.3, 0.4) is 0 Å². The molecule has 0 aromatic heterocycles. The van der Waals surface area contributed by atoms with Gasteiger partial charge in [-0.2, -0.15) is 0 Å². The Bertz CT molecular complexity index is 425. The van der Waals surface area contributed by atoms with Crippen LogP contribution >= 0.6 is 0 Å². The van der Waals surface area contributed by atoms with Gasteiger partial charge < -0.3 is 15.7 Å². The van der Waals surface area contributed by atoms with Gasteiger partial charge in [-0.15, -0.1) is 0 Å². The van der Waals surface area contributed by atoms with Crippen molar-refractivity contribution in [3.05, 3.63) is 0 Å². The molecule has 0 bridgehead atoms. The normalized spacial score (nSPS) is 22.1. The average Bonchev–Trinajstić information content (AvgIpc) is 3.23. The average molecular weight is 296 g/mol. The standard InChI is InChI=1S/C15H24N2O4/c1-10(13(19)17-11-5-6-11)16-12(18)9-15(14(20)21)7-3-2-4-8-15/h10-11H,2-9H2,1H3,(H,16,18)(H,17,19)(H,20,21). The lowest BCUT2D eigenvalue weighted by molar-refractivity contribution is -0.154. The van der Waals surface area contributed by atoms with Gasteiger partial charge in [0.1, 0.15) is 6.04 Å². The van der Waals surface area contributed by atoms with Crippen molar-refractivity contribution >= 4 is 17.8 Å². The Balaban J connectivity index is 1.86. The van der Waals surface area contributed by atoms with E-state index in [0.29, 0.717) is 12.8 Å². The molecule has 0 aliphatic heterocycles. The second-order valence-electron chi connectivity index (χ2n) is 6.39. The van der Waals surface area contributed by atoms with E-state index in [1.165, 1.54) is 0 Å². The largest absolute Gasteiger partial charge is 0.481 e. The second kappa shape index (κ2) is 6.45. The number of hydrogen-bond acceptors (Lipinski definition) is 3. The van der Waals surface area contributed by atoms with Gasteiger partial charge in [0.2, 0.25) is 11.8 Å². The number of carbonyl (C=O) groups is 3. The lowest BCUT2D eigenvalue weighted by Crippen LogP contribution is -2.47. The molecule has 2 aliphatic rings.